The van der Waals surface area contributed by atoms with Gasteiger partial charge in [-0.25, -0.2) is 0 Å². The first kappa shape index (κ1) is 18.0. The Kier molecular flexibility index (Phi) is 4.41. The number of thiophene rings is 1. The summed E-state index contributed by atoms with van der Waals surface area (Å²) in [5.41, 5.74) is 0. The summed E-state index contributed by atoms with van der Waals surface area (Å²) in [5.74, 6) is -0.0371. The summed E-state index contributed by atoms with van der Waals surface area (Å²) >= 11 is 1.58. The molecular formula is C16H17F3N6OS. The number of aryl methyl sites for hydroxylation is 1. The smallest absolute Gasteiger partial charge is 0.451 e. The van der Waals surface area contributed by atoms with Gasteiger partial charge in [0, 0.05) is 18.0 Å². The van der Waals surface area contributed by atoms with E-state index in [-0.39, 0.29) is 24.9 Å². The van der Waals surface area contributed by atoms with Gasteiger partial charge in [-0.3, -0.25) is 0 Å². The van der Waals surface area contributed by atoms with Crippen LogP contribution in [-0.2, 0) is 25.7 Å². The van der Waals surface area contributed by atoms with Crippen LogP contribution < -0.4 is 9.64 Å². The molecule has 0 N–H and O–H groups in total. The molecule has 0 bridgehead atoms. The summed E-state index contributed by atoms with van der Waals surface area (Å²) in [6.45, 7) is 2.80. The third kappa shape index (κ3) is 3.20. The van der Waals surface area contributed by atoms with Gasteiger partial charge in [-0.2, -0.15) is 23.1 Å². The summed E-state index contributed by atoms with van der Waals surface area (Å²) in [5, 5.41) is 7.95. The van der Waals surface area contributed by atoms with Gasteiger partial charge >= 0.3 is 12.2 Å². The topological polar surface area (TPSA) is 69.0 Å². The van der Waals surface area contributed by atoms with Gasteiger partial charge in [0.25, 0.3) is 0 Å². The molecule has 0 radical (unpaired) electrons. The highest BCUT2D eigenvalue weighted by atomic mass is 32.1. The maximum Gasteiger partial charge on any atom is 0.451 e. The number of nitrogens with zero attached hydrogens (tertiary/aromatic N) is 6. The van der Waals surface area contributed by atoms with E-state index in [0.717, 1.165) is 27.6 Å². The van der Waals surface area contributed by atoms with E-state index in [1.165, 1.54) is 12.0 Å². The summed E-state index contributed by atoms with van der Waals surface area (Å²) in [6, 6.07) is 2.30. The molecule has 1 aliphatic rings. The molecule has 0 saturated heterocycles. The van der Waals surface area contributed by atoms with Crippen LogP contribution in [0.4, 0.5) is 19.0 Å². The number of hydrogen-bond acceptors (Lipinski definition) is 7. The minimum atomic E-state index is -4.51. The maximum atomic E-state index is 13.0. The summed E-state index contributed by atoms with van der Waals surface area (Å²) in [7, 11) is 1.49. The second kappa shape index (κ2) is 6.63. The molecule has 0 saturated carbocycles. The quantitative estimate of drug-likeness (QED) is 0.672. The van der Waals surface area contributed by atoms with Crippen LogP contribution >= 0.6 is 11.3 Å². The molecule has 0 amide bonds. The third-order valence-corrected chi connectivity index (χ3v) is 5.48. The van der Waals surface area contributed by atoms with Gasteiger partial charge in [0.2, 0.25) is 5.82 Å². The molecule has 0 atom stereocenters. The molecule has 3 aromatic rings. The molecule has 4 heterocycles. The Morgan fingerprint density at radius 3 is 2.74 bits per heavy atom. The van der Waals surface area contributed by atoms with Crippen molar-refractivity contribution >= 4 is 27.4 Å². The van der Waals surface area contributed by atoms with E-state index < -0.39 is 12.0 Å². The molecule has 144 valence electrons. The molecule has 4 rings (SSSR count). The maximum absolute atomic E-state index is 13.0. The SMILES string of the molecule is CCCc1cc2c(N3CCn4c(nnc4C(F)(F)F)C3)nc(OC)nc2s1. The standard InChI is InChI=1S/C16H17F3N6OS/c1-3-4-9-7-10-12(20-15(26-2)21-13(10)27-9)24-5-6-25-11(8-24)22-23-14(25)16(17,18)19/h7H,3-6,8H2,1-2H3. The van der Waals surface area contributed by atoms with Crippen molar-refractivity contribution in [3.05, 3.63) is 22.6 Å². The van der Waals surface area contributed by atoms with Crippen LogP contribution in [0.1, 0.15) is 29.9 Å². The van der Waals surface area contributed by atoms with Crippen molar-refractivity contribution in [1.82, 2.24) is 24.7 Å². The first-order valence-electron chi connectivity index (χ1n) is 8.49. The van der Waals surface area contributed by atoms with Crippen molar-refractivity contribution in [2.24, 2.45) is 0 Å². The Bertz CT molecular complexity index is 983. The molecule has 0 fully saturated rings. The Morgan fingerprint density at radius 1 is 1.22 bits per heavy atom. The summed E-state index contributed by atoms with van der Waals surface area (Å²) in [6.07, 6.45) is -2.56. The average molecular weight is 398 g/mol. The van der Waals surface area contributed by atoms with Crippen LogP contribution in [0.3, 0.4) is 0 Å². The number of alkyl halides is 3. The van der Waals surface area contributed by atoms with Crippen molar-refractivity contribution < 1.29 is 17.9 Å². The first-order chi connectivity index (χ1) is 12.9. The van der Waals surface area contributed by atoms with Crippen molar-refractivity contribution in [3.8, 4) is 6.01 Å². The van der Waals surface area contributed by atoms with Gasteiger partial charge < -0.3 is 14.2 Å². The normalized spacial score (nSPS) is 14.6. The number of ether oxygens (including phenoxy) is 1. The fourth-order valence-corrected chi connectivity index (χ4v) is 4.30. The predicted molar refractivity (Wildman–Crippen MR) is 94.0 cm³/mol. The van der Waals surface area contributed by atoms with Gasteiger partial charge in [0.1, 0.15) is 10.6 Å². The van der Waals surface area contributed by atoms with Crippen molar-refractivity contribution in [2.75, 3.05) is 18.6 Å². The highest BCUT2D eigenvalue weighted by molar-refractivity contribution is 7.18. The molecule has 3 aromatic heterocycles. The van der Waals surface area contributed by atoms with Crippen LogP contribution in [0, 0.1) is 0 Å². The monoisotopic (exact) mass is 398 g/mol. The Labute approximate surface area is 156 Å². The van der Waals surface area contributed by atoms with Crippen LogP contribution in [-0.4, -0.2) is 38.4 Å². The fraction of sp³-hybridized carbons (Fsp3) is 0.500. The summed E-state index contributed by atoms with van der Waals surface area (Å²) < 4.78 is 45.5. The number of aromatic nitrogens is 5. The van der Waals surface area contributed by atoms with Crippen molar-refractivity contribution in [1.29, 1.82) is 0 Å². The van der Waals surface area contributed by atoms with E-state index in [4.69, 9.17) is 4.74 Å². The van der Waals surface area contributed by atoms with Gasteiger partial charge in [-0.15, -0.1) is 21.5 Å². The Morgan fingerprint density at radius 2 is 2.04 bits per heavy atom. The molecule has 0 aromatic carbocycles. The van der Waals surface area contributed by atoms with E-state index in [1.54, 1.807) is 11.3 Å². The molecule has 27 heavy (non-hydrogen) atoms. The lowest BCUT2D eigenvalue weighted by Crippen LogP contribution is -2.36. The molecule has 7 nitrogen and oxygen atoms in total. The molecule has 1 aliphatic heterocycles. The van der Waals surface area contributed by atoms with E-state index >= 15 is 0 Å². The second-order valence-corrected chi connectivity index (χ2v) is 7.34. The van der Waals surface area contributed by atoms with Crippen LogP contribution in [0.15, 0.2) is 6.07 Å². The number of fused-ring (bicyclic) bond motifs is 2. The zero-order valence-electron chi connectivity index (χ0n) is 14.7. The average Bonchev–Trinajstić information content (AvgIpc) is 3.23. The number of rotatable bonds is 4. The molecule has 0 aliphatic carbocycles. The van der Waals surface area contributed by atoms with Crippen molar-refractivity contribution in [2.45, 2.75) is 39.0 Å². The lowest BCUT2D eigenvalue weighted by Gasteiger charge is -2.29. The van der Waals surface area contributed by atoms with Gasteiger partial charge in [-0.1, -0.05) is 13.3 Å². The summed E-state index contributed by atoms with van der Waals surface area (Å²) in [4.78, 5) is 12.8. The minimum absolute atomic E-state index is 0.136. The molecule has 0 unspecified atom stereocenters. The molecule has 0 spiro atoms. The Hall–Kier alpha value is -2.43. The fourth-order valence-electron chi connectivity index (χ4n) is 3.19. The highest BCUT2D eigenvalue weighted by Gasteiger charge is 2.39. The van der Waals surface area contributed by atoms with Crippen LogP contribution in [0.5, 0.6) is 6.01 Å². The lowest BCUT2D eigenvalue weighted by molar-refractivity contribution is -0.147. The van der Waals surface area contributed by atoms with Gasteiger partial charge in [0.15, 0.2) is 5.82 Å². The second-order valence-electron chi connectivity index (χ2n) is 6.23. The highest BCUT2D eigenvalue weighted by Crippen LogP contribution is 2.35. The number of hydrogen-bond donors (Lipinski definition) is 0. The van der Waals surface area contributed by atoms with Crippen LogP contribution in [0.2, 0.25) is 0 Å². The van der Waals surface area contributed by atoms with Gasteiger partial charge in [0.05, 0.1) is 19.0 Å². The zero-order valence-corrected chi connectivity index (χ0v) is 15.6. The minimum Gasteiger partial charge on any atom is -0.467 e. The van der Waals surface area contributed by atoms with Crippen molar-refractivity contribution in [3.63, 3.8) is 0 Å². The third-order valence-electron chi connectivity index (χ3n) is 4.39. The predicted octanol–water partition coefficient (Wildman–Crippen LogP) is 3.28. The largest absolute Gasteiger partial charge is 0.467 e. The van der Waals surface area contributed by atoms with E-state index in [1.807, 2.05) is 4.90 Å². The molecular weight excluding hydrogens is 381 g/mol. The number of anilines is 1. The van der Waals surface area contributed by atoms with E-state index in [2.05, 4.69) is 33.2 Å². The molecule has 11 heteroatoms. The number of halogens is 3. The van der Waals surface area contributed by atoms with E-state index in [0.29, 0.717) is 12.4 Å². The number of methoxy groups -OCH3 is 1. The lowest BCUT2D eigenvalue weighted by atomic mass is 10.2. The van der Waals surface area contributed by atoms with Crippen LogP contribution in [0.25, 0.3) is 10.2 Å². The zero-order chi connectivity index (χ0) is 19.2. The van der Waals surface area contributed by atoms with Gasteiger partial charge in [-0.05, 0) is 12.5 Å². The first-order valence-corrected chi connectivity index (χ1v) is 9.31. The Balaban J connectivity index is 1.73. The van der Waals surface area contributed by atoms with E-state index in [9.17, 15) is 13.2 Å².